The van der Waals surface area contributed by atoms with Gasteiger partial charge in [0.15, 0.2) is 0 Å². The molecule has 0 bridgehead atoms. The third-order valence-electron chi connectivity index (χ3n) is 16.7. The van der Waals surface area contributed by atoms with Gasteiger partial charge in [-0.1, -0.05) is 198 Å². The summed E-state index contributed by atoms with van der Waals surface area (Å²) in [6.07, 6.45) is 31.9. The van der Waals surface area contributed by atoms with E-state index in [1.807, 2.05) is 20.8 Å². The summed E-state index contributed by atoms with van der Waals surface area (Å²) in [7, 11) is 0. The number of ether oxygens (including phenoxy) is 2. The van der Waals surface area contributed by atoms with E-state index >= 15 is 0 Å². The number of esters is 1. The number of rotatable bonds is 57. The van der Waals surface area contributed by atoms with Gasteiger partial charge in [0, 0.05) is 97.0 Å². The van der Waals surface area contributed by atoms with Crippen molar-refractivity contribution in [1.82, 2.24) is 0 Å². The molecule has 0 fully saturated rings. The van der Waals surface area contributed by atoms with E-state index in [2.05, 4.69) is 46.3 Å². The average Bonchev–Trinajstić information content (AvgIpc) is 0.903. The van der Waals surface area contributed by atoms with Crippen LogP contribution in [-0.2, 0) is 14.3 Å². The highest BCUT2D eigenvalue weighted by Crippen LogP contribution is 2.27. The number of unbranched alkanes of at least 4 members (excludes halogenated alkanes) is 15. The lowest BCUT2D eigenvalue weighted by Gasteiger charge is -2.27. The molecule has 24 N–H and O–H groups in total. The SMILES string of the molecule is CC(=O)OCC(O)CO.CC(C)(CO)CO.CC(CCO)CCO.CC(O)CO.CCC(CO)CC(CC)CO.CCCC(O)CC(CC)CO.CCCCC(CC)(CO)CO.CCCCC(CC)COCC(O)CO.OCCCCCCCCCCCCO.OCCCCCCO.OCCCCO.OCCO. The summed E-state index contributed by atoms with van der Waals surface area (Å²) in [6, 6.07) is 0. The Balaban J connectivity index is -0.0000000943. The Morgan fingerprint density at radius 1 is 0.324 bits per heavy atom. The molecule has 0 heterocycles. The van der Waals surface area contributed by atoms with Crippen LogP contribution in [0.25, 0.3) is 0 Å². The second kappa shape index (κ2) is 119. The highest BCUT2D eigenvalue weighted by molar-refractivity contribution is 5.65. The minimum absolute atomic E-state index is 0.0451. The third kappa shape index (κ3) is 137. The second-order valence-electron chi connectivity index (χ2n) is 28.1. The van der Waals surface area contributed by atoms with E-state index in [1.54, 1.807) is 13.8 Å². The maximum Gasteiger partial charge on any atom is 0.302 e. The van der Waals surface area contributed by atoms with Crippen LogP contribution in [0.3, 0.4) is 0 Å². The first-order valence-corrected chi connectivity index (χ1v) is 41.1. The van der Waals surface area contributed by atoms with Gasteiger partial charge in [-0.25, -0.2) is 0 Å². The summed E-state index contributed by atoms with van der Waals surface area (Å²) in [6.45, 7) is 28.1. The first-order valence-electron chi connectivity index (χ1n) is 41.1. The van der Waals surface area contributed by atoms with Crippen molar-refractivity contribution in [2.75, 3.05) is 152 Å². The van der Waals surface area contributed by atoms with Crippen molar-refractivity contribution in [1.29, 1.82) is 0 Å². The molecular formula is C81H184O27. The second-order valence-corrected chi connectivity index (χ2v) is 28.1. The van der Waals surface area contributed by atoms with Crippen LogP contribution in [0.1, 0.15) is 302 Å². The van der Waals surface area contributed by atoms with Crippen molar-refractivity contribution in [3.8, 4) is 0 Å². The van der Waals surface area contributed by atoms with Crippen molar-refractivity contribution in [3.05, 3.63) is 0 Å². The van der Waals surface area contributed by atoms with Crippen LogP contribution in [0, 0.1) is 40.4 Å². The molecule has 0 aliphatic rings. The van der Waals surface area contributed by atoms with E-state index in [0.717, 1.165) is 141 Å². The largest absolute Gasteiger partial charge is 0.463 e. The number of hydrogen-bond donors (Lipinski definition) is 24. The topological polar surface area (TPSA) is 521 Å². The molecule has 27 heteroatoms. The van der Waals surface area contributed by atoms with E-state index in [0.29, 0.717) is 43.5 Å². The van der Waals surface area contributed by atoms with Gasteiger partial charge in [-0.3, -0.25) is 4.79 Å². The number of aliphatic hydroxyl groups excluding tert-OH is 24. The van der Waals surface area contributed by atoms with E-state index in [1.165, 1.54) is 84.5 Å². The monoisotopic (exact) mass is 1590 g/mol. The molecule has 0 aromatic carbocycles. The highest BCUT2D eigenvalue weighted by atomic mass is 16.5. The standard InChI is InChI=1S/C12H26O2.C11H24O3.3C9H20O2.2C6H14O2.C5H10O4.C5H12O2.C4H10O2.C3H8O2.C2H6O2/c13-11-9-7-5-3-1-2-4-6-8-10-12-14;1-3-5-6-10(4-2)8-14-9-11(13)7-12;1-3-8(6-10)5-9(4-2)7-11;1-3-5-9(11)6-8(4-2)7-10;1-3-5-6-9(4-2,7-10)8-11;1-6(2-4-7)3-5-8;7-5-3-1-2-4-6-8;1-4(7)9-3-5(8)2-6;1-5(2,3-6)4-7;5-3-1-2-4-6;1-3(5)2-4;3-1-2-4/h13-14H,1-12H2;10-13H,3-9H2,1-2H3;2*8-11H,3-7H2,1-2H3;10-11H,3-8H2,1-2H3;6-8H,2-5H2,1H3;7-8H,1-6H2;5-6,8H,2-3H2,1H3;6-7H,3-4H2,1-2H3;5-6H,1-4H2;3-5H,2H2,1H3;3-4H,1-2H2. The molecule has 8 atom stereocenters. The molecule has 0 aromatic rings. The summed E-state index contributed by atoms with van der Waals surface area (Å²) in [5.74, 6) is 1.66. The molecule has 0 aromatic heterocycles. The van der Waals surface area contributed by atoms with E-state index < -0.39 is 24.3 Å². The lowest BCUT2D eigenvalue weighted by molar-refractivity contribution is -0.144. The van der Waals surface area contributed by atoms with Crippen LogP contribution >= 0.6 is 0 Å². The number of carbonyl (C=O) groups excluding carboxylic acids is 1. The summed E-state index contributed by atoms with van der Waals surface area (Å²) in [5.41, 5.74) is -0.518. The molecule has 0 rings (SSSR count). The Bertz CT molecular complexity index is 1380. The molecule has 0 saturated heterocycles. The lowest BCUT2D eigenvalue weighted by atomic mass is 9.82. The Morgan fingerprint density at radius 3 is 0.880 bits per heavy atom. The van der Waals surface area contributed by atoms with Gasteiger partial charge in [-0.15, -0.1) is 0 Å². The Labute approximate surface area is 658 Å². The van der Waals surface area contributed by atoms with Gasteiger partial charge >= 0.3 is 5.97 Å². The summed E-state index contributed by atoms with van der Waals surface area (Å²) >= 11 is 0. The highest BCUT2D eigenvalue weighted by Gasteiger charge is 2.25. The van der Waals surface area contributed by atoms with Crippen molar-refractivity contribution < 1.29 is 137 Å². The molecule has 0 radical (unpaired) electrons. The van der Waals surface area contributed by atoms with E-state index in [-0.39, 0.29) is 155 Å². The molecule has 0 aliphatic heterocycles. The third-order valence-corrected chi connectivity index (χ3v) is 16.7. The lowest BCUT2D eigenvalue weighted by Crippen LogP contribution is -2.28. The fourth-order valence-electron chi connectivity index (χ4n) is 8.24. The van der Waals surface area contributed by atoms with Crippen molar-refractivity contribution in [3.63, 3.8) is 0 Å². The van der Waals surface area contributed by atoms with Gasteiger partial charge in [-0.2, -0.15) is 0 Å². The van der Waals surface area contributed by atoms with Crippen molar-refractivity contribution in [2.45, 2.75) is 326 Å². The Morgan fingerprint density at radius 2 is 0.648 bits per heavy atom. The van der Waals surface area contributed by atoms with Crippen molar-refractivity contribution >= 4 is 5.97 Å². The number of carbonyl (C=O) groups is 1. The zero-order valence-electron chi connectivity index (χ0n) is 71.3. The predicted octanol–water partition coefficient (Wildman–Crippen LogP) is 6.87. The smallest absolute Gasteiger partial charge is 0.302 e. The van der Waals surface area contributed by atoms with E-state index in [9.17, 15) is 9.90 Å². The molecule has 0 amide bonds. The fraction of sp³-hybridized carbons (Fsp3) is 0.988. The fourth-order valence-corrected chi connectivity index (χ4v) is 8.24. The van der Waals surface area contributed by atoms with Crippen molar-refractivity contribution in [2.24, 2.45) is 40.4 Å². The Kier molecular flexibility index (Phi) is 146. The summed E-state index contributed by atoms with van der Waals surface area (Å²) in [4.78, 5) is 10.0. The molecule has 108 heavy (non-hydrogen) atoms. The van der Waals surface area contributed by atoms with Crippen LogP contribution in [0.15, 0.2) is 0 Å². The van der Waals surface area contributed by atoms with Gasteiger partial charge in [0.2, 0.25) is 0 Å². The molecule has 0 saturated carbocycles. The van der Waals surface area contributed by atoms with Crippen LogP contribution in [0.4, 0.5) is 0 Å². The molecular weight excluding hydrogens is 1400 g/mol. The van der Waals surface area contributed by atoms with Crippen LogP contribution in [-0.4, -0.2) is 305 Å². The first kappa shape index (κ1) is 133. The van der Waals surface area contributed by atoms with Gasteiger partial charge in [0.25, 0.3) is 0 Å². The maximum absolute atomic E-state index is 10.0. The van der Waals surface area contributed by atoms with Gasteiger partial charge in [0.1, 0.15) is 18.8 Å². The molecule has 27 nitrogen and oxygen atoms in total. The molecule has 670 valence electrons. The first-order chi connectivity index (χ1) is 51.5. The molecule has 0 spiro atoms. The normalized spacial score (nSPS) is 12.8. The van der Waals surface area contributed by atoms with Gasteiger partial charge in [0.05, 0.1) is 78.3 Å². The summed E-state index contributed by atoms with van der Waals surface area (Å²) < 4.78 is 9.67. The zero-order chi connectivity index (χ0) is 85.8. The summed E-state index contributed by atoms with van der Waals surface area (Å²) in [5, 5.41) is 203. The Hall–Kier alpha value is -1.53. The number of hydrogen-bond acceptors (Lipinski definition) is 27. The number of aliphatic hydroxyl groups is 24. The minimum Gasteiger partial charge on any atom is -0.463 e. The average molecular weight is 1590 g/mol. The van der Waals surface area contributed by atoms with Crippen LogP contribution in [0.5, 0.6) is 0 Å². The van der Waals surface area contributed by atoms with Crippen LogP contribution in [0.2, 0.25) is 0 Å². The predicted molar refractivity (Wildman–Crippen MR) is 436 cm³/mol. The van der Waals surface area contributed by atoms with Crippen LogP contribution < -0.4 is 0 Å². The van der Waals surface area contributed by atoms with Gasteiger partial charge in [-0.05, 0) is 126 Å². The molecule has 8 unspecified atom stereocenters. The van der Waals surface area contributed by atoms with Gasteiger partial charge < -0.3 is 132 Å². The minimum atomic E-state index is -0.950. The quantitative estimate of drug-likeness (QED) is 0.0218. The molecule has 0 aliphatic carbocycles. The zero-order valence-corrected chi connectivity index (χ0v) is 71.3. The van der Waals surface area contributed by atoms with E-state index in [4.69, 9.17) is 122 Å². The maximum atomic E-state index is 10.0.